The first-order valence-electron chi connectivity index (χ1n) is 7.66. The van der Waals surface area contributed by atoms with Crippen molar-refractivity contribution in [2.24, 2.45) is 0 Å². The monoisotopic (exact) mass is 303 g/mol. The van der Waals surface area contributed by atoms with Crippen LogP contribution in [0.15, 0.2) is 22.6 Å². The van der Waals surface area contributed by atoms with Gasteiger partial charge in [-0.3, -0.25) is 0 Å². The van der Waals surface area contributed by atoms with Crippen LogP contribution >= 0.6 is 0 Å². The van der Waals surface area contributed by atoms with Gasteiger partial charge in [-0.25, -0.2) is 9.78 Å². The Balaban J connectivity index is 1.71. The molecular weight excluding hydrogens is 282 g/mol. The van der Waals surface area contributed by atoms with Gasteiger partial charge >= 0.3 is 6.03 Å². The maximum absolute atomic E-state index is 12.4. The molecule has 1 aliphatic heterocycles. The van der Waals surface area contributed by atoms with Crippen molar-refractivity contribution in [1.82, 2.24) is 9.88 Å². The van der Waals surface area contributed by atoms with Crippen molar-refractivity contribution in [2.75, 3.05) is 11.9 Å². The molecule has 6 nitrogen and oxygen atoms in total. The molecule has 0 radical (unpaired) electrons. The number of aryl methyl sites for hydroxylation is 1. The number of carbonyl (C=O) groups is 1. The van der Waals surface area contributed by atoms with E-state index in [0.29, 0.717) is 23.6 Å². The Morgan fingerprint density at radius 1 is 1.59 bits per heavy atom. The summed E-state index contributed by atoms with van der Waals surface area (Å²) < 4.78 is 5.48. The number of oxazole rings is 1. The molecule has 118 valence electrons. The minimum Gasteiger partial charge on any atom is -0.441 e. The topological polar surface area (TPSA) is 78.6 Å². The number of benzene rings is 1. The third-order valence-electron chi connectivity index (χ3n) is 4.00. The van der Waals surface area contributed by atoms with Crippen molar-refractivity contribution in [3.05, 3.63) is 24.1 Å². The highest BCUT2D eigenvalue weighted by Crippen LogP contribution is 2.24. The highest BCUT2D eigenvalue weighted by molar-refractivity contribution is 5.91. The molecule has 1 aliphatic rings. The number of likely N-dealkylation sites (tertiary alicyclic amines) is 1. The number of aliphatic hydroxyl groups excluding tert-OH is 1. The maximum Gasteiger partial charge on any atom is 0.322 e. The third kappa shape index (κ3) is 3.06. The first kappa shape index (κ1) is 14.8. The molecule has 1 saturated heterocycles. The van der Waals surface area contributed by atoms with Crippen LogP contribution in [0.4, 0.5) is 10.5 Å². The van der Waals surface area contributed by atoms with E-state index in [0.717, 1.165) is 24.9 Å². The number of anilines is 1. The molecule has 6 heteroatoms. The highest BCUT2D eigenvalue weighted by Gasteiger charge is 2.29. The van der Waals surface area contributed by atoms with Crippen LogP contribution in [-0.4, -0.2) is 39.7 Å². The fourth-order valence-corrected chi connectivity index (χ4v) is 3.05. The summed E-state index contributed by atoms with van der Waals surface area (Å²) in [6.07, 6.45) is 2.14. The van der Waals surface area contributed by atoms with E-state index in [1.54, 1.807) is 19.9 Å². The van der Waals surface area contributed by atoms with Crippen LogP contribution in [0.5, 0.6) is 0 Å². The van der Waals surface area contributed by atoms with Gasteiger partial charge < -0.3 is 19.7 Å². The Morgan fingerprint density at radius 2 is 2.41 bits per heavy atom. The number of aromatic nitrogens is 1. The number of carbonyl (C=O) groups excluding carboxylic acids is 1. The first-order valence-corrected chi connectivity index (χ1v) is 7.66. The lowest BCUT2D eigenvalue weighted by molar-refractivity contribution is 0.142. The second kappa shape index (κ2) is 5.96. The number of hydrogen-bond acceptors (Lipinski definition) is 4. The van der Waals surface area contributed by atoms with E-state index >= 15 is 0 Å². The van der Waals surface area contributed by atoms with E-state index in [2.05, 4.69) is 10.3 Å². The van der Waals surface area contributed by atoms with Crippen LogP contribution in [0.3, 0.4) is 0 Å². The fraction of sp³-hybridized carbons (Fsp3) is 0.500. The van der Waals surface area contributed by atoms with Crippen LogP contribution in [-0.2, 0) is 0 Å². The van der Waals surface area contributed by atoms with E-state index in [1.807, 2.05) is 17.0 Å². The number of aliphatic hydroxyl groups is 1. The minimum absolute atomic E-state index is 0.108. The van der Waals surface area contributed by atoms with Gasteiger partial charge in [0.2, 0.25) is 0 Å². The normalized spacial score (nSPS) is 19.6. The number of urea groups is 1. The molecule has 2 N–H and O–H groups in total. The number of fused-ring (bicyclic) bond motifs is 1. The summed E-state index contributed by atoms with van der Waals surface area (Å²) in [5.74, 6) is 0.606. The van der Waals surface area contributed by atoms with Crippen molar-refractivity contribution in [2.45, 2.75) is 45.3 Å². The summed E-state index contributed by atoms with van der Waals surface area (Å²) in [4.78, 5) is 18.5. The van der Waals surface area contributed by atoms with Crippen LogP contribution in [0.2, 0.25) is 0 Å². The first-order chi connectivity index (χ1) is 10.5. The van der Waals surface area contributed by atoms with Gasteiger partial charge in [-0.15, -0.1) is 0 Å². The lowest BCUT2D eigenvalue weighted by atomic mass is 10.1. The van der Waals surface area contributed by atoms with Gasteiger partial charge in [-0.2, -0.15) is 0 Å². The molecule has 3 rings (SSSR count). The molecule has 2 atom stereocenters. The molecule has 2 amide bonds. The number of rotatable bonds is 3. The molecule has 2 heterocycles. The van der Waals surface area contributed by atoms with Crippen molar-refractivity contribution in [1.29, 1.82) is 0 Å². The van der Waals surface area contributed by atoms with Gasteiger partial charge in [-0.05, 0) is 38.3 Å². The minimum atomic E-state index is -0.396. The fourth-order valence-electron chi connectivity index (χ4n) is 3.05. The average Bonchev–Trinajstić information content (AvgIpc) is 3.02. The summed E-state index contributed by atoms with van der Waals surface area (Å²) in [7, 11) is 0. The standard InChI is InChI=1S/C16H21N3O3/c1-10(20)8-13-4-3-7-19(13)16(21)18-12-5-6-14-15(9-12)22-11(2)17-14/h5-6,9-10,13,20H,3-4,7-8H2,1-2H3,(H,18,21). The van der Waals surface area contributed by atoms with Crippen molar-refractivity contribution in [3.63, 3.8) is 0 Å². The molecule has 0 spiro atoms. The quantitative estimate of drug-likeness (QED) is 0.914. The molecule has 1 aromatic heterocycles. The molecule has 22 heavy (non-hydrogen) atoms. The zero-order valence-electron chi connectivity index (χ0n) is 12.9. The zero-order chi connectivity index (χ0) is 15.7. The van der Waals surface area contributed by atoms with Gasteiger partial charge in [0, 0.05) is 31.3 Å². The average molecular weight is 303 g/mol. The zero-order valence-corrected chi connectivity index (χ0v) is 12.9. The molecule has 0 saturated carbocycles. The van der Waals surface area contributed by atoms with E-state index in [4.69, 9.17) is 4.42 Å². The molecule has 1 aromatic carbocycles. The highest BCUT2D eigenvalue weighted by atomic mass is 16.3. The van der Waals surface area contributed by atoms with Crippen LogP contribution in [0.1, 0.15) is 32.1 Å². The summed E-state index contributed by atoms with van der Waals surface area (Å²) in [6, 6.07) is 5.42. The summed E-state index contributed by atoms with van der Waals surface area (Å²) in [5.41, 5.74) is 2.14. The summed E-state index contributed by atoms with van der Waals surface area (Å²) in [5, 5.41) is 12.5. The van der Waals surface area contributed by atoms with Crippen LogP contribution < -0.4 is 5.32 Å². The Kier molecular flexibility index (Phi) is 4.02. The molecule has 0 aliphatic carbocycles. The van der Waals surface area contributed by atoms with E-state index < -0.39 is 6.10 Å². The van der Waals surface area contributed by atoms with Gasteiger partial charge in [-0.1, -0.05) is 0 Å². The van der Waals surface area contributed by atoms with Gasteiger partial charge in [0.25, 0.3) is 0 Å². The predicted molar refractivity (Wildman–Crippen MR) is 83.8 cm³/mol. The Hall–Kier alpha value is -2.08. The van der Waals surface area contributed by atoms with E-state index in [-0.39, 0.29) is 12.1 Å². The molecule has 0 bridgehead atoms. The van der Waals surface area contributed by atoms with Gasteiger partial charge in [0.15, 0.2) is 11.5 Å². The molecule has 2 unspecified atom stereocenters. The number of hydrogen-bond donors (Lipinski definition) is 2. The smallest absolute Gasteiger partial charge is 0.322 e. The Bertz CT molecular complexity index is 680. The Labute approximate surface area is 129 Å². The lowest BCUT2D eigenvalue weighted by Crippen LogP contribution is -2.40. The summed E-state index contributed by atoms with van der Waals surface area (Å²) >= 11 is 0. The maximum atomic E-state index is 12.4. The van der Waals surface area contributed by atoms with E-state index in [9.17, 15) is 9.90 Å². The summed E-state index contributed by atoms with van der Waals surface area (Å²) in [6.45, 7) is 4.28. The number of nitrogens with zero attached hydrogens (tertiary/aromatic N) is 2. The lowest BCUT2D eigenvalue weighted by Gasteiger charge is -2.25. The van der Waals surface area contributed by atoms with Crippen LogP contribution in [0.25, 0.3) is 11.1 Å². The second-order valence-corrected chi connectivity index (χ2v) is 5.92. The second-order valence-electron chi connectivity index (χ2n) is 5.92. The number of amides is 2. The SMILES string of the molecule is Cc1nc2ccc(NC(=O)N3CCCC3CC(C)O)cc2o1. The van der Waals surface area contributed by atoms with Crippen molar-refractivity contribution < 1.29 is 14.3 Å². The van der Waals surface area contributed by atoms with Crippen molar-refractivity contribution in [3.8, 4) is 0 Å². The molecular formula is C16H21N3O3. The van der Waals surface area contributed by atoms with E-state index in [1.165, 1.54) is 0 Å². The largest absolute Gasteiger partial charge is 0.441 e. The van der Waals surface area contributed by atoms with Crippen LogP contribution in [0, 0.1) is 6.92 Å². The van der Waals surface area contributed by atoms with Gasteiger partial charge in [0.05, 0.1) is 6.10 Å². The predicted octanol–water partition coefficient (Wildman–Crippen LogP) is 2.90. The molecule has 1 fully saturated rings. The van der Waals surface area contributed by atoms with Crippen molar-refractivity contribution >= 4 is 22.8 Å². The number of nitrogens with one attached hydrogen (secondary N) is 1. The third-order valence-corrected chi connectivity index (χ3v) is 4.00. The molecule has 2 aromatic rings. The van der Waals surface area contributed by atoms with Gasteiger partial charge in [0.1, 0.15) is 5.52 Å². The Morgan fingerprint density at radius 3 is 3.18 bits per heavy atom.